The smallest absolute Gasteiger partial charge is 0.269 e. The molecule has 2 aromatic carbocycles. The van der Waals surface area contributed by atoms with Crippen LogP contribution in [0.1, 0.15) is 37.7 Å². The number of nitro benzene ring substituents is 1. The predicted molar refractivity (Wildman–Crippen MR) is 131 cm³/mol. The molecule has 0 spiro atoms. The summed E-state index contributed by atoms with van der Waals surface area (Å²) in [7, 11) is 0. The maximum atomic E-state index is 13.6. The minimum atomic E-state index is -0.828. The van der Waals surface area contributed by atoms with Crippen LogP contribution in [0.3, 0.4) is 0 Å². The summed E-state index contributed by atoms with van der Waals surface area (Å²) in [5, 5.41) is 18.2. The van der Waals surface area contributed by atoms with E-state index in [-0.39, 0.29) is 22.1 Å². The Bertz CT molecular complexity index is 1410. The highest BCUT2D eigenvalue weighted by Gasteiger charge is 2.40. The molecule has 0 bridgehead atoms. The Balaban J connectivity index is 1.62. The molecule has 172 valence electrons. The lowest BCUT2D eigenvalue weighted by Gasteiger charge is -2.34. The number of carbonyl (C=O) groups is 2. The lowest BCUT2D eigenvalue weighted by Crippen LogP contribution is -2.35. The van der Waals surface area contributed by atoms with Crippen LogP contribution in [0, 0.1) is 10.1 Å². The minimum Gasteiger partial charge on any atom is -0.362 e. The summed E-state index contributed by atoms with van der Waals surface area (Å²) < 4.78 is 0.927. The van der Waals surface area contributed by atoms with Gasteiger partial charge in [0.2, 0.25) is 0 Å². The SMILES string of the molecule is CC1=C(C(=O)Nc2nc3ccccc3s2)C(c2cc([N+](=O)[O-])ccc2Cl)C2=C(CCCC2=O)N1. The number of halogens is 1. The molecule has 10 heteroatoms. The first-order chi connectivity index (χ1) is 16.3. The van der Waals surface area contributed by atoms with Gasteiger partial charge in [-0.3, -0.25) is 25.0 Å². The zero-order valence-electron chi connectivity index (χ0n) is 18.1. The van der Waals surface area contributed by atoms with Crippen LogP contribution in [0.4, 0.5) is 10.8 Å². The summed E-state index contributed by atoms with van der Waals surface area (Å²) in [6.07, 6.45) is 1.68. The van der Waals surface area contributed by atoms with Crippen LogP contribution in [0.15, 0.2) is 65.0 Å². The Kier molecular flexibility index (Phi) is 5.66. The predicted octanol–water partition coefficient (Wildman–Crippen LogP) is 5.46. The van der Waals surface area contributed by atoms with Gasteiger partial charge >= 0.3 is 0 Å². The second kappa shape index (κ2) is 8.66. The van der Waals surface area contributed by atoms with E-state index in [2.05, 4.69) is 15.6 Å². The fraction of sp³-hybridized carbons (Fsp3) is 0.208. The van der Waals surface area contributed by atoms with Crippen LogP contribution in [-0.2, 0) is 9.59 Å². The number of nitrogens with one attached hydrogen (secondary N) is 2. The van der Waals surface area contributed by atoms with Gasteiger partial charge in [-0.2, -0.15) is 0 Å². The molecule has 1 atom stereocenters. The summed E-state index contributed by atoms with van der Waals surface area (Å²) >= 11 is 7.84. The molecule has 2 N–H and O–H groups in total. The van der Waals surface area contributed by atoms with Crippen LogP contribution in [0.25, 0.3) is 10.2 Å². The number of non-ortho nitro benzene ring substituents is 1. The van der Waals surface area contributed by atoms with Gasteiger partial charge in [-0.15, -0.1) is 0 Å². The van der Waals surface area contributed by atoms with Crippen molar-refractivity contribution in [2.75, 3.05) is 5.32 Å². The van der Waals surface area contributed by atoms with Gasteiger partial charge in [0.05, 0.1) is 15.1 Å². The van der Waals surface area contributed by atoms with Gasteiger partial charge in [-0.1, -0.05) is 35.1 Å². The molecule has 34 heavy (non-hydrogen) atoms. The first kappa shape index (κ1) is 22.2. The number of nitrogens with zero attached hydrogens (tertiary/aromatic N) is 2. The van der Waals surface area contributed by atoms with Gasteiger partial charge in [0.25, 0.3) is 11.6 Å². The number of anilines is 1. The number of hydrogen-bond donors (Lipinski definition) is 2. The minimum absolute atomic E-state index is 0.0980. The van der Waals surface area contributed by atoms with Crippen molar-refractivity contribution in [3.05, 3.63) is 85.7 Å². The number of dihydropyridines is 1. The number of fused-ring (bicyclic) bond motifs is 1. The average Bonchev–Trinajstić information content (AvgIpc) is 3.20. The zero-order chi connectivity index (χ0) is 24.0. The number of hydrogen-bond acceptors (Lipinski definition) is 7. The Morgan fingerprint density at radius 1 is 1.26 bits per heavy atom. The van der Waals surface area contributed by atoms with Crippen molar-refractivity contribution in [2.45, 2.75) is 32.1 Å². The second-order valence-corrected chi connectivity index (χ2v) is 9.61. The highest BCUT2D eigenvalue weighted by molar-refractivity contribution is 7.22. The molecule has 0 fully saturated rings. The fourth-order valence-electron chi connectivity index (χ4n) is 4.55. The molecule has 0 saturated heterocycles. The fourth-order valence-corrected chi connectivity index (χ4v) is 5.64. The van der Waals surface area contributed by atoms with E-state index in [1.807, 2.05) is 24.3 Å². The summed E-state index contributed by atoms with van der Waals surface area (Å²) in [6.45, 7) is 1.76. The molecule has 1 aliphatic heterocycles. The van der Waals surface area contributed by atoms with Crippen molar-refractivity contribution >= 4 is 55.7 Å². The maximum absolute atomic E-state index is 13.6. The summed E-state index contributed by atoms with van der Waals surface area (Å²) in [5.41, 5.74) is 2.99. The van der Waals surface area contributed by atoms with E-state index in [1.54, 1.807) is 6.92 Å². The topological polar surface area (TPSA) is 114 Å². The Labute approximate surface area is 203 Å². The number of carbonyl (C=O) groups excluding carboxylic acids is 2. The lowest BCUT2D eigenvalue weighted by atomic mass is 9.75. The van der Waals surface area contributed by atoms with Gasteiger partial charge in [0, 0.05) is 52.0 Å². The van der Waals surface area contributed by atoms with Crippen molar-refractivity contribution < 1.29 is 14.5 Å². The summed E-state index contributed by atoms with van der Waals surface area (Å²) in [6, 6.07) is 11.6. The number of benzene rings is 2. The monoisotopic (exact) mass is 494 g/mol. The third-order valence-electron chi connectivity index (χ3n) is 6.04. The van der Waals surface area contributed by atoms with Gasteiger partial charge in [0.1, 0.15) is 0 Å². The van der Waals surface area contributed by atoms with Gasteiger partial charge in [0.15, 0.2) is 10.9 Å². The van der Waals surface area contributed by atoms with Crippen LogP contribution in [-0.4, -0.2) is 21.6 Å². The summed E-state index contributed by atoms with van der Waals surface area (Å²) in [5.74, 6) is -1.37. The van der Waals surface area contributed by atoms with Crippen molar-refractivity contribution in [2.24, 2.45) is 0 Å². The molecule has 3 aromatic rings. The Morgan fingerprint density at radius 2 is 2.06 bits per heavy atom. The van der Waals surface area contributed by atoms with Gasteiger partial charge < -0.3 is 5.32 Å². The van der Waals surface area contributed by atoms with E-state index in [0.717, 1.165) is 15.9 Å². The van der Waals surface area contributed by atoms with E-state index in [4.69, 9.17) is 11.6 Å². The Hall–Kier alpha value is -3.56. The van der Waals surface area contributed by atoms with E-state index >= 15 is 0 Å². The normalized spacial score (nSPS) is 18.1. The quantitative estimate of drug-likeness (QED) is 0.367. The molecule has 1 aromatic heterocycles. The van der Waals surface area contributed by atoms with Crippen molar-refractivity contribution in [1.82, 2.24) is 10.3 Å². The van der Waals surface area contributed by atoms with Crippen molar-refractivity contribution in [3.63, 3.8) is 0 Å². The number of thiazole rings is 1. The average molecular weight is 495 g/mol. The largest absolute Gasteiger partial charge is 0.362 e. The molecule has 2 aliphatic rings. The number of rotatable bonds is 4. The van der Waals surface area contributed by atoms with E-state index in [1.165, 1.54) is 29.5 Å². The van der Waals surface area contributed by atoms with E-state index < -0.39 is 16.7 Å². The highest BCUT2D eigenvalue weighted by atomic mass is 35.5. The second-order valence-electron chi connectivity index (χ2n) is 8.17. The number of nitro groups is 1. The van der Waals surface area contributed by atoms with Crippen LogP contribution < -0.4 is 10.6 Å². The molecule has 1 unspecified atom stereocenters. The molecule has 1 amide bonds. The number of ketones is 1. The first-order valence-corrected chi connectivity index (χ1v) is 11.9. The third-order valence-corrected chi connectivity index (χ3v) is 7.33. The molecule has 0 saturated carbocycles. The van der Waals surface area contributed by atoms with Crippen LogP contribution in [0.5, 0.6) is 0 Å². The molecule has 5 rings (SSSR count). The van der Waals surface area contributed by atoms with Crippen LogP contribution in [0.2, 0.25) is 5.02 Å². The molecule has 0 radical (unpaired) electrons. The molecule has 8 nitrogen and oxygen atoms in total. The maximum Gasteiger partial charge on any atom is 0.269 e. The lowest BCUT2D eigenvalue weighted by molar-refractivity contribution is -0.384. The standard InChI is InChI=1S/C24H19ClN4O4S/c1-12-20(23(31)28-24-27-16-5-2-3-8-19(16)34-24)21(22-17(26-12)6-4-7-18(22)30)14-11-13(29(32)33)9-10-15(14)25/h2-3,5,8-11,21,26H,4,6-7H2,1H3,(H,27,28,31). The molecular weight excluding hydrogens is 476 g/mol. The van der Waals surface area contributed by atoms with Crippen molar-refractivity contribution in [3.8, 4) is 0 Å². The molecular formula is C24H19ClN4O4S. The van der Waals surface area contributed by atoms with Crippen molar-refractivity contribution in [1.29, 1.82) is 0 Å². The number of aromatic nitrogens is 1. The number of allylic oxidation sites excluding steroid dienone is 3. The molecule has 1 aliphatic carbocycles. The number of amides is 1. The van der Waals surface area contributed by atoms with Gasteiger partial charge in [-0.25, -0.2) is 4.98 Å². The van der Waals surface area contributed by atoms with E-state index in [9.17, 15) is 19.7 Å². The zero-order valence-corrected chi connectivity index (χ0v) is 19.6. The van der Waals surface area contributed by atoms with Gasteiger partial charge in [-0.05, 0) is 43.5 Å². The summed E-state index contributed by atoms with van der Waals surface area (Å²) in [4.78, 5) is 42.1. The number of para-hydroxylation sites is 1. The third kappa shape index (κ3) is 3.86. The molecule has 2 heterocycles. The van der Waals surface area contributed by atoms with Crippen LogP contribution >= 0.6 is 22.9 Å². The van der Waals surface area contributed by atoms with E-state index in [0.29, 0.717) is 41.2 Å². The highest BCUT2D eigenvalue weighted by Crippen LogP contribution is 2.45. The number of Topliss-reactive ketones (excluding diaryl/α,β-unsaturated/α-hetero) is 1. The first-order valence-electron chi connectivity index (χ1n) is 10.7. The Morgan fingerprint density at radius 3 is 2.82 bits per heavy atom.